The number of carboxylic acids is 1. The van der Waals surface area contributed by atoms with Crippen molar-refractivity contribution in [2.45, 2.75) is 18.3 Å². The number of hydrogen-bond donors (Lipinski definition) is 1. The van der Waals surface area contributed by atoms with Crippen molar-refractivity contribution in [2.24, 2.45) is 0 Å². The first-order chi connectivity index (χ1) is 12.5. The summed E-state index contributed by atoms with van der Waals surface area (Å²) in [4.78, 5) is 35.6. The highest BCUT2D eigenvalue weighted by molar-refractivity contribution is 5.83. The molecule has 0 unspecified atom stereocenters. The molecule has 1 heterocycles. The number of piperidine rings is 1. The Balaban J connectivity index is 1.89. The van der Waals surface area contributed by atoms with Gasteiger partial charge in [-0.2, -0.15) is 0 Å². The minimum absolute atomic E-state index is 0.142. The van der Waals surface area contributed by atoms with Gasteiger partial charge in [-0.15, -0.1) is 0 Å². The van der Waals surface area contributed by atoms with Crippen LogP contribution in [0.1, 0.15) is 28.8 Å². The number of nitrogens with zero attached hydrogens (tertiary/aromatic N) is 2. The van der Waals surface area contributed by atoms with Crippen LogP contribution in [0.25, 0.3) is 0 Å². The van der Waals surface area contributed by atoms with Crippen LogP contribution < -0.4 is 4.90 Å². The van der Waals surface area contributed by atoms with Crippen molar-refractivity contribution in [1.29, 1.82) is 0 Å². The molecule has 7 nitrogen and oxygen atoms in total. The summed E-state index contributed by atoms with van der Waals surface area (Å²) in [6.07, 6.45) is 1.26. The van der Waals surface area contributed by atoms with E-state index >= 15 is 0 Å². The van der Waals surface area contributed by atoms with E-state index in [1.54, 1.807) is 6.07 Å². The highest BCUT2D eigenvalue weighted by Crippen LogP contribution is 2.39. The SMILES string of the molecule is O=Cc1ccc(N2CCC(C(=O)O)(c3ccccc3)CC2)c([N+](=O)[O-])c1. The van der Waals surface area contributed by atoms with Crippen molar-refractivity contribution in [3.05, 3.63) is 69.8 Å². The maximum absolute atomic E-state index is 12.0. The van der Waals surface area contributed by atoms with E-state index in [2.05, 4.69) is 0 Å². The quantitative estimate of drug-likeness (QED) is 0.503. The van der Waals surface area contributed by atoms with Crippen molar-refractivity contribution in [3.8, 4) is 0 Å². The largest absolute Gasteiger partial charge is 0.481 e. The first kappa shape index (κ1) is 17.6. The van der Waals surface area contributed by atoms with E-state index in [9.17, 15) is 24.8 Å². The second-order valence-corrected chi connectivity index (χ2v) is 6.36. The van der Waals surface area contributed by atoms with E-state index in [1.807, 2.05) is 35.2 Å². The first-order valence-electron chi connectivity index (χ1n) is 8.25. The maximum Gasteiger partial charge on any atom is 0.314 e. The van der Waals surface area contributed by atoms with Gasteiger partial charge in [0.25, 0.3) is 5.69 Å². The van der Waals surface area contributed by atoms with Crippen LogP contribution >= 0.6 is 0 Å². The zero-order valence-electron chi connectivity index (χ0n) is 14.0. The predicted octanol–water partition coefficient (Wildman–Crippen LogP) is 3.03. The van der Waals surface area contributed by atoms with E-state index in [-0.39, 0.29) is 11.3 Å². The third-order valence-corrected chi connectivity index (χ3v) is 5.03. The lowest BCUT2D eigenvalue weighted by atomic mass is 9.72. The summed E-state index contributed by atoms with van der Waals surface area (Å²) < 4.78 is 0. The lowest BCUT2D eigenvalue weighted by Crippen LogP contribution is -2.47. The highest BCUT2D eigenvalue weighted by Gasteiger charge is 2.43. The lowest BCUT2D eigenvalue weighted by molar-refractivity contribution is -0.384. The van der Waals surface area contributed by atoms with Crippen LogP contribution in [0.4, 0.5) is 11.4 Å². The lowest BCUT2D eigenvalue weighted by Gasteiger charge is -2.40. The number of carbonyl (C=O) groups excluding carboxylic acids is 1. The predicted molar refractivity (Wildman–Crippen MR) is 95.7 cm³/mol. The Morgan fingerprint density at radius 2 is 1.81 bits per heavy atom. The fourth-order valence-electron chi connectivity index (χ4n) is 3.54. The van der Waals surface area contributed by atoms with Gasteiger partial charge in [0.15, 0.2) is 0 Å². The molecule has 0 atom stereocenters. The third-order valence-electron chi connectivity index (χ3n) is 5.03. The zero-order chi connectivity index (χ0) is 18.7. The number of aldehydes is 1. The van der Waals surface area contributed by atoms with Gasteiger partial charge in [-0.3, -0.25) is 19.7 Å². The second kappa shape index (κ2) is 6.95. The summed E-state index contributed by atoms with van der Waals surface area (Å²) in [5.41, 5.74) is 0.263. The molecule has 3 rings (SSSR count). The van der Waals surface area contributed by atoms with Gasteiger partial charge in [0.05, 0.1) is 10.3 Å². The van der Waals surface area contributed by atoms with Crippen molar-refractivity contribution >= 4 is 23.6 Å². The van der Waals surface area contributed by atoms with E-state index in [1.165, 1.54) is 12.1 Å². The molecule has 0 radical (unpaired) electrons. The van der Waals surface area contributed by atoms with Crippen LogP contribution in [0, 0.1) is 10.1 Å². The molecule has 134 valence electrons. The average Bonchev–Trinajstić information content (AvgIpc) is 2.68. The molecular weight excluding hydrogens is 336 g/mol. The van der Waals surface area contributed by atoms with Crippen LogP contribution in [0.15, 0.2) is 48.5 Å². The first-order valence-corrected chi connectivity index (χ1v) is 8.25. The van der Waals surface area contributed by atoms with Crippen LogP contribution in [-0.2, 0) is 10.2 Å². The Morgan fingerprint density at radius 1 is 1.15 bits per heavy atom. The Labute approximate surface area is 150 Å². The molecule has 0 spiro atoms. The van der Waals surface area contributed by atoms with E-state index in [0.29, 0.717) is 37.9 Å². The fraction of sp³-hybridized carbons (Fsp3) is 0.263. The molecule has 0 amide bonds. The molecule has 0 bridgehead atoms. The molecule has 1 saturated heterocycles. The molecule has 26 heavy (non-hydrogen) atoms. The number of anilines is 1. The van der Waals surface area contributed by atoms with Gasteiger partial charge in [0.1, 0.15) is 12.0 Å². The van der Waals surface area contributed by atoms with Gasteiger partial charge in [0, 0.05) is 24.7 Å². The van der Waals surface area contributed by atoms with Gasteiger partial charge in [-0.25, -0.2) is 0 Å². The maximum atomic E-state index is 12.0. The topological polar surface area (TPSA) is 101 Å². The number of aliphatic carboxylic acids is 1. The number of rotatable bonds is 5. The summed E-state index contributed by atoms with van der Waals surface area (Å²) in [5.74, 6) is -0.880. The minimum atomic E-state index is -0.991. The van der Waals surface area contributed by atoms with Gasteiger partial charge in [0.2, 0.25) is 0 Å². The molecule has 0 aromatic heterocycles. The molecule has 1 N–H and O–H groups in total. The van der Waals surface area contributed by atoms with E-state index < -0.39 is 16.3 Å². The molecule has 7 heteroatoms. The molecular formula is C19H18N2O5. The van der Waals surface area contributed by atoms with Crippen molar-refractivity contribution < 1.29 is 19.6 Å². The second-order valence-electron chi connectivity index (χ2n) is 6.36. The van der Waals surface area contributed by atoms with Crippen LogP contribution in [0.3, 0.4) is 0 Å². The Hall–Kier alpha value is -3.22. The number of carbonyl (C=O) groups is 2. The minimum Gasteiger partial charge on any atom is -0.481 e. The molecule has 1 aliphatic rings. The van der Waals surface area contributed by atoms with Crippen LogP contribution in [0.2, 0.25) is 0 Å². The van der Waals surface area contributed by atoms with E-state index in [0.717, 1.165) is 5.56 Å². The van der Waals surface area contributed by atoms with E-state index in [4.69, 9.17) is 0 Å². The standard InChI is InChI=1S/C19H18N2O5/c22-13-14-6-7-16(17(12-14)21(25)26)20-10-8-19(9-11-20,18(23)24)15-4-2-1-3-5-15/h1-7,12-13H,8-11H2,(H,23,24). The smallest absolute Gasteiger partial charge is 0.314 e. The Morgan fingerprint density at radius 3 is 2.35 bits per heavy atom. The summed E-state index contributed by atoms with van der Waals surface area (Å²) >= 11 is 0. The van der Waals surface area contributed by atoms with Crippen LogP contribution in [-0.4, -0.2) is 35.4 Å². The summed E-state index contributed by atoms with van der Waals surface area (Å²) in [5, 5.41) is 21.2. The Bertz CT molecular complexity index is 842. The number of nitro benzene ring substituents is 1. The molecule has 2 aromatic carbocycles. The summed E-state index contributed by atoms with van der Waals surface area (Å²) in [6.45, 7) is 0.755. The van der Waals surface area contributed by atoms with Crippen molar-refractivity contribution in [2.75, 3.05) is 18.0 Å². The summed E-state index contributed by atoms with van der Waals surface area (Å²) in [7, 11) is 0. The number of benzene rings is 2. The van der Waals surface area contributed by atoms with Crippen molar-refractivity contribution in [3.63, 3.8) is 0 Å². The van der Waals surface area contributed by atoms with Gasteiger partial charge < -0.3 is 10.0 Å². The fourth-order valence-corrected chi connectivity index (χ4v) is 3.54. The average molecular weight is 354 g/mol. The molecule has 2 aromatic rings. The van der Waals surface area contributed by atoms with Gasteiger partial charge >= 0.3 is 5.97 Å². The molecule has 0 saturated carbocycles. The third kappa shape index (κ3) is 3.03. The Kier molecular flexibility index (Phi) is 4.71. The van der Waals surface area contributed by atoms with Crippen LogP contribution in [0.5, 0.6) is 0 Å². The normalized spacial score (nSPS) is 16.1. The molecule has 0 aliphatic carbocycles. The molecule has 1 aliphatic heterocycles. The summed E-state index contributed by atoms with van der Waals surface area (Å²) in [6, 6.07) is 13.4. The zero-order valence-corrected chi connectivity index (χ0v) is 14.0. The molecule has 1 fully saturated rings. The van der Waals surface area contributed by atoms with Crippen molar-refractivity contribution in [1.82, 2.24) is 0 Å². The van der Waals surface area contributed by atoms with Gasteiger partial charge in [-0.05, 0) is 30.5 Å². The highest BCUT2D eigenvalue weighted by atomic mass is 16.6. The number of hydrogen-bond acceptors (Lipinski definition) is 5. The monoisotopic (exact) mass is 354 g/mol. The van der Waals surface area contributed by atoms with Gasteiger partial charge in [-0.1, -0.05) is 30.3 Å². The number of carboxylic acid groups (broad SMARTS) is 1. The number of nitro groups is 1.